The smallest absolute Gasteiger partial charge is 0.325 e. The average molecular weight is 400 g/mol. The number of amides is 2. The summed E-state index contributed by atoms with van der Waals surface area (Å²) in [7, 11) is 0. The summed E-state index contributed by atoms with van der Waals surface area (Å²) in [4.78, 5) is 21.7. The van der Waals surface area contributed by atoms with Crippen LogP contribution in [0.5, 0.6) is 5.75 Å². The van der Waals surface area contributed by atoms with Crippen LogP contribution in [0.1, 0.15) is 26.2 Å². The highest BCUT2D eigenvalue weighted by atomic mass is 32.1. The zero-order valence-electron chi connectivity index (χ0n) is 15.5. The van der Waals surface area contributed by atoms with Crippen LogP contribution in [-0.4, -0.2) is 22.6 Å². The maximum atomic E-state index is 14.4. The van der Waals surface area contributed by atoms with Crippen molar-refractivity contribution in [2.75, 3.05) is 11.5 Å². The van der Waals surface area contributed by atoms with Crippen LogP contribution < -0.4 is 15.4 Å². The Morgan fingerprint density at radius 1 is 1.25 bits per heavy atom. The Balaban J connectivity index is 1.82. The van der Waals surface area contributed by atoms with Crippen molar-refractivity contribution in [3.05, 3.63) is 53.9 Å². The van der Waals surface area contributed by atoms with Crippen LogP contribution in [0, 0.1) is 5.82 Å². The van der Waals surface area contributed by atoms with Gasteiger partial charge in [-0.25, -0.2) is 19.1 Å². The molecule has 0 unspecified atom stereocenters. The van der Waals surface area contributed by atoms with E-state index >= 15 is 0 Å². The fraction of sp³-hybridized carbons (Fsp3) is 0.250. The summed E-state index contributed by atoms with van der Waals surface area (Å²) in [6, 6.07) is 7.22. The zero-order valence-corrected chi connectivity index (χ0v) is 16.3. The highest BCUT2D eigenvalue weighted by Crippen LogP contribution is 2.33. The van der Waals surface area contributed by atoms with Crippen molar-refractivity contribution >= 4 is 28.2 Å². The number of halogens is 1. The van der Waals surface area contributed by atoms with Gasteiger partial charge in [-0.2, -0.15) is 0 Å². The number of rotatable bonds is 8. The third-order valence-electron chi connectivity index (χ3n) is 4.06. The van der Waals surface area contributed by atoms with Gasteiger partial charge in [0.15, 0.2) is 16.7 Å². The number of hydrogen-bond acceptors (Lipinski definition) is 5. The standard InChI is InChI=1S/C20H21FN4O2S/c1-2-3-4-11-27-18-6-5-15(12-16(18)21)25(19(22)26)20-24-17(13-28-20)14-7-9-23-10-8-14/h5-10,12-13H,2-4,11H2,1H3,(H2,22,26). The van der Waals surface area contributed by atoms with Crippen molar-refractivity contribution in [2.45, 2.75) is 26.2 Å². The van der Waals surface area contributed by atoms with Crippen molar-refractivity contribution in [3.8, 4) is 17.0 Å². The predicted molar refractivity (Wildman–Crippen MR) is 108 cm³/mol. The minimum Gasteiger partial charge on any atom is -0.491 e. The number of carbonyl (C=O) groups is 1. The number of aromatic nitrogens is 2. The van der Waals surface area contributed by atoms with Crippen molar-refractivity contribution in [3.63, 3.8) is 0 Å². The fourth-order valence-electron chi connectivity index (χ4n) is 2.63. The van der Waals surface area contributed by atoms with Crippen LogP contribution in [0.25, 0.3) is 11.3 Å². The third kappa shape index (κ3) is 4.64. The van der Waals surface area contributed by atoms with Crippen LogP contribution in [0.3, 0.4) is 0 Å². The molecular weight excluding hydrogens is 379 g/mol. The van der Waals surface area contributed by atoms with E-state index in [-0.39, 0.29) is 5.75 Å². The third-order valence-corrected chi connectivity index (χ3v) is 4.88. The van der Waals surface area contributed by atoms with E-state index in [2.05, 4.69) is 16.9 Å². The minimum absolute atomic E-state index is 0.154. The maximum absolute atomic E-state index is 14.4. The van der Waals surface area contributed by atoms with E-state index in [1.54, 1.807) is 18.5 Å². The molecule has 146 valence electrons. The van der Waals surface area contributed by atoms with E-state index in [1.807, 2.05) is 17.5 Å². The molecule has 0 saturated carbocycles. The number of benzene rings is 1. The average Bonchev–Trinajstić information content (AvgIpc) is 3.17. The first kappa shape index (κ1) is 19.8. The highest BCUT2D eigenvalue weighted by Gasteiger charge is 2.21. The molecular formula is C20H21FN4O2S. The summed E-state index contributed by atoms with van der Waals surface area (Å²) in [5.74, 6) is -0.396. The molecule has 0 saturated heterocycles. The number of carbonyl (C=O) groups excluding carboxylic acids is 1. The first-order valence-electron chi connectivity index (χ1n) is 8.98. The second kappa shape index (κ2) is 9.27. The SMILES string of the molecule is CCCCCOc1ccc(N(C(N)=O)c2nc(-c3ccncc3)cs2)cc1F. The molecule has 8 heteroatoms. The summed E-state index contributed by atoms with van der Waals surface area (Å²) in [6.45, 7) is 2.54. The molecule has 0 aliphatic rings. The molecule has 3 aromatic rings. The molecule has 28 heavy (non-hydrogen) atoms. The topological polar surface area (TPSA) is 81.3 Å². The Hall–Kier alpha value is -3.00. The van der Waals surface area contributed by atoms with Gasteiger partial charge in [0.2, 0.25) is 0 Å². The van der Waals surface area contributed by atoms with E-state index < -0.39 is 11.8 Å². The molecule has 0 aliphatic heterocycles. The number of anilines is 2. The van der Waals surface area contributed by atoms with Crippen LogP contribution in [0.4, 0.5) is 20.0 Å². The maximum Gasteiger partial charge on any atom is 0.325 e. The number of unbranched alkanes of at least 4 members (excludes halogenated alkanes) is 2. The predicted octanol–water partition coefficient (Wildman–Crippen LogP) is 5.13. The number of pyridine rings is 1. The normalized spacial score (nSPS) is 10.6. The molecule has 0 spiro atoms. The zero-order chi connectivity index (χ0) is 19.9. The first-order chi connectivity index (χ1) is 13.6. The molecule has 0 fully saturated rings. The molecule has 2 amide bonds. The van der Waals surface area contributed by atoms with Gasteiger partial charge in [0.25, 0.3) is 0 Å². The number of primary amides is 1. The molecule has 2 heterocycles. The number of nitrogens with two attached hydrogens (primary N) is 1. The van der Waals surface area contributed by atoms with Gasteiger partial charge in [-0.05, 0) is 30.7 Å². The van der Waals surface area contributed by atoms with Gasteiger partial charge in [-0.3, -0.25) is 4.98 Å². The van der Waals surface area contributed by atoms with Crippen molar-refractivity contribution < 1.29 is 13.9 Å². The fourth-order valence-corrected chi connectivity index (χ4v) is 3.49. The molecule has 2 aromatic heterocycles. The molecule has 3 rings (SSSR count). The lowest BCUT2D eigenvalue weighted by molar-refractivity contribution is 0.256. The lowest BCUT2D eigenvalue weighted by Crippen LogP contribution is -2.31. The molecule has 0 radical (unpaired) electrons. The first-order valence-corrected chi connectivity index (χ1v) is 9.86. The molecule has 0 atom stereocenters. The Morgan fingerprint density at radius 2 is 2.04 bits per heavy atom. The van der Waals surface area contributed by atoms with Crippen molar-refractivity contribution in [1.82, 2.24) is 9.97 Å². The van der Waals surface area contributed by atoms with E-state index in [9.17, 15) is 9.18 Å². The van der Waals surface area contributed by atoms with E-state index in [4.69, 9.17) is 10.5 Å². The summed E-state index contributed by atoms with van der Waals surface area (Å²) < 4.78 is 19.9. The van der Waals surface area contributed by atoms with Crippen LogP contribution in [0.2, 0.25) is 0 Å². The van der Waals surface area contributed by atoms with Crippen LogP contribution in [-0.2, 0) is 0 Å². The Labute approximate surface area is 166 Å². The monoisotopic (exact) mass is 400 g/mol. The van der Waals surface area contributed by atoms with Gasteiger partial charge >= 0.3 is 6.03 Å². The van der Waals surface area contributed by atoms with Crippen molar-refractivity contribution in [2.24, 2.45) is 5.73 Å². The second-order valence-electron chi connectivity index (χ2n) is 6.10. The van der Waals surface area contributed by atoms with Crippen molar-refractivity contribution in [1.29, 1.82) is 0 Å². The number of nitrogens with zero attached hydrogens (tertiary/aromatic N) is 3. The van der Waals surface area contributed by atoms with Gasteiger partial charge in [0, 0.05) is 29.4 Å². The summed E-state index contributed by atoms with van der Waals surface area (Å²) >= 11 is 1.24. The molecule has 0 aliphatic carbocycles. The van der Waals surface area contributed by atoms with Gasteiger partial charge in [0.05, 0.1) is 18.0 Å². The Bertz CT molecular complexity index is 933. The number of thiazole rings is 1. The minimum atomic E-state index is -0.744. The van der Waals surface area contributed by atoms with Crippen LogP contribution >= 0.6 is 11.3 Å². The number of hydrogen-bond donors (Lipinski definition) is 1. The van der Waals surface area contributed by atoms with Gasteiger partial charge in [0.1, 0.15) is 0 Å². The number of urea groups is 1. The van der Waals surface area contributed by atoms with Gasteiger partial charge in [-0.15, -0.1) is 11.3 Å². The summed E-state index contributed by atoms with van der Waals surface area (Å²) in [6.07, 6.45) is 6.28. The second-order valence-corrected chi connectivity index (χ2v) is 6.93. The summed E-state index contributed by atoms with van der Waals surface area (Å²) in [5.41, 5.74) is 7.38. The molecule has 1 aromatic carbocycles. The lowest BCUT2D eigenvalue weighted by Gasteiger charge is -2.18. The Morgan fingerprint density at radius 3 is 2.71 bits per heavy atom. The highest BCUT2D eigenvalue weighted by molar-refractivity contribution is 7.14. The quantitative estimate of drug-likeness (QED) is 0.532. The Kier molecular flexibility index (Phi) is 6.54. The van der Waals surface area contributed by atoms with Gasteiger partial charge < -0.3 is 10.5 Å². The number of ether oxygens (including phenoxy) is 1. The summed E-state index contributed by atoms with van der Waals surface area (Å²) in [5, 5.41) is 2.16. The van der Waals surface area contributed by atoms with E-state index in [0.717, 1.165) is 24.8 Å². The van der Waals surface area contributed by atoms with Gasteiger partial charge in [-0.1, -0.05) is 19.8 Å². The van der Waals surface area contributed by atoms with E-state index in [0.29, 0.717) is 23.1 Å². The molecule has 2 N–H and O–H groups in total. The molecule has 6 nitrogen and oxygen atoms in total. The largest absolute Gasteiger partial charge is 0.491 e. The lowest BCUT2D eigenvalue weighted by atomic mass is 10.2. The molecule has 0 bridgehead atoms. The van der Waals surface area contributed by atoms with E-state index in [1.165, 1.54) is 28.4 Å². The van der Waals surface area contributed by atoms with Crippen LogP contribution in [0.15, 0.2) is 48.1 Å².